The molecule has 3 rings (SSSR count). The van der Waals surface area contributed by atoms with Gasteiger partial charge in [-0.1, -0.05) is 18.2 Å². The van der Waals surface area contributed by atoms with Crippen LogP contribution in [0.3, 0.4) is 0 Å². The van der Waals surface area contributed by atoms with Gasteiger partial charge in [0.2, 0.25) is 0 Å². The zero-order valence-corrected chi connectivity index (χ0v) is 16.9. The largest absolute Gasteiger partial charge is 0.493 e. The molecule has 1 aromatic carbocycles. The maximum atomic E-state index is 12.3. The smallest absolute Gasteiger partial charge is 0.258 e. The van der Waals surface area contributed by atoms with Gasteiger partial charge in [-0.25, -0.2) is 0 Å². The number of hydrogen-bond donors (Lipinski definition) is 1. The number of rotatable bonds is 8. The molecule has 1 aliphatic rings. The van der Waals surface area contributed by atoms with Crippen molar-refractivity contribution in [3.8, 4) is 11.5 Å². The first-order chi connectivity index (χ1) is 12.8. The highest BCUT2D eigenvalue weighted by molar-refractivity contribution is 7.10. The molecular weight excluding hydrogens is 388 g/mol. The summed E-state index contributed by atoms with van der Waals surface area (Å²) >= 11 is 1.71. The van der Waals surface area contributed by atoms with E-state index in [-0.39, 0.29) is 31.0 Å². The van der Waals surface area contributed by atoms with Gasteiger partial charge in [0.05, 0.1) is 26.4 Å². The number of benzene rings is 1. The maximum Gasteiger partial charge on any atom is 0.258 e. The lowest BCUT2D eigenvalue weighted by molar-refractivity contribution is -0.123. The van der Waals surface area contributed by atoms with Crippen molar-refractivity contribution >= 4 is 29.7 Å². The van der Waals surface area contributed by atoms with E-state index in [0.717, 1.165) is 26.3 Å². The lowest BCUT2D eigenvalue weighted by atomic mass is 10.2. The molecule has 6 nitrogen and oxygen atoms in total. The highest BCUT2D eigenvalue weighted by Crippen LogP contribution is 2.26. The molecule has 2 aromatic rings. The fourth-order valence-corrected chi connectivity index (χ4v) is 3.78. The van der Waals surface area contributed by atoms with E-state index in [0.29, 0.717) is 18.0 Å². The molecule has 1 amide bonds. The number of ether oxygens (including phenoxy) is 3. The molecule has 27 heavy (non-hydrogen) atoms. The molecule has 1 fully saturated rings. The summed E-state index contributed by atoms with van der Waals surface area (Å²) in [5.74, 6) is 1.03. The zero-order valence-electron chi connectivity index (χ0n) is 15.3. The van der Waals surface area contributed by atoms with Crippen LogP contribution in [0.1, 0.15) is 10.9 Å². The molecule has 0 spiro atoms. The highest BCUT2D eigenvalue weighted by atomic mass is 35.5. The first kappa shape index (κ1) is 21.5. The molecule has 1 atom stereocenters. The second-order valence-corrected chi connectivity index (χ2v) is 6.90. The number of methoxy groups -OCH3 is 1. The predicted molar refractivity (Wildman–Crippen MR) is 108 cm³/mol. The Morgan fingerprint density at radius 1 is 1.22 bits per heavy atom. The summed E-state index contributed by atoms with van der Waals surface area (Å²) in [7, 11) is 1.58. The van der Waals surface area contributed by atoms with Crippen molar-refractivity contribution in [1.29, 1.82) is 0 Å². The normalized spacial score (nSPS) is 15.4. The fraction of sp³-hybridized carbons (Fsp3) is 0.421. The molecule has 1 N–H and O–H groups in total. The second kappa shape index (κ2) is 11.1. The Hall–Kier alpha value is -1.80. The van der Waals surface area contributed by atoms with E-state index in [4.69, 9.17) is 14.2 Å². The van der Waals surface area contributed by atoms with Crippen molar-refractivity contribution in [2.24, 2.45) is 0 Å². The number of hydrogen-bond acceptors (Lipinski definition) is 6. The van der Waals surface area contributed by atoms with Crippen LogP contribution >= 0.6 is 23.7 Å². The first-order valence-corrected chi connectivity index (χ1v) is 9.53. The highest BCUT2D eigenvalue weighted by Gasteiger charge is 2.24. The van der Waals surface area contributed by atoms with Gasteiger partial charge in [-0.15, -0.1) is 23.7 Å². The van der Waals surface area contributed by atoms with Gasteiger partial charge < -0.3 is 19.5 Å². The van der Waals surface area contributed by atoms with Gasteiger partial charge in [-0.3, -0.25) is 9.69 Å². The Morgan fingerprint density at radius 2 is 1.96 bits per heavy atom. The fourth-order valence-electron chi connectivity index (χ4n) is 2.92. The Morgan fingerprint density at radius 3 is 2.63 bits per heavy atom. The van der Waals surface area contributed by atoms with E-state index in [9.17, 15) is 4.79 Å². The molecule has 0 radical (unpaired) electrons. The topological polar surface area (TPSA) is 60.0 Å². The number of nitrogens with one attached hydrogen (secondary N) is 1. The third-order valence-electron chi connectivity index (χ3n) is 4.28. The predicted octanol–water partition coefficient (Wildman–Crippen LogP) is 2.75. The molecule has 148 valence electrons. The van der Waals surface area contributed by atoms with E-state index < -0.39 is 0 Å². The van der Waals surface area contributed by atoms with E-state index in [1.807, 2.05) is 18.2 Å². The van der Waals surface area contributed by atoms with Crippen molar-refractivity contribution in [2.45, 2.75) is 6.04 Å². The van der Waals surface area contributed by atoms with Crippen LogP contribution in [-0.4, -0.2) is 57.4 Å². The average Bonchev–Trinajstić information content (AvgIpc) is 3.22. The number of carbonyl (C=O) groups excluding carboxylic acids is 1. The van der Waals surface area contributed by atoms with Crippen LogP contribution in [0.25, 0.3) is 0 Å². The molecule has 0 aliphatic carbocycles. The van der Waals surface area contributed by atoms with Gasteiger partial charge in [-0.2, -0.15) is 0 Å². The lowest BCUT2D eigenvalue weighted by Crippen LogP contribution is -2.44. The number of para-hydroxylation sites is 2. The summed E-state index contributed by atoms with van der Waals surface area (Å²) in [5.41, 5.74) is 0. The van der Waals surface area contributed by atoms with Gasteiger partial charge in [0.25, 0.3) is 5.91 Å². The third-order valence-corrected chi connectivity index (χ3v) is 5.25. The van der Waals surface area contributed by atoms with E-state index in [1.54, 1.807) is 30.6 Å². The molecule has 0 bridgehead atoms. The van der Waals surface area contributed by atoms with Crippen LogP contribution < -0.4 is 14.8 Å². The lowest BCUT2D eigenvalue weighted by Gasteiger charge is -2.34. The van der Waals surface area contributed by atoms with Crippen molar-refractivity contribution in [1.82, 2.24) is 10.2 Å². The number of nitrogens with zero attached hydrogens (tertiary/aromatic N) is 1. The Bertz CT molecular complexity index is 693. The molecule has 1 aliphatic heterocycles. The SMILES string of the molecule is COc1ccccc1OCC(=O)NCC(c1cccs1)N1CCOCC1.Cl. The van der Waals surface area contributed by atoms with Gasteiger partial charge in [0, 0.05) is 24.5 Å². The first-order valence-electron chi connectivity index (χ1n) is 8.65. The second-order valence-electron chi connectivity index (χ2n) is 5.92. The maximum absolute atomic E-state index is 12.3. The van der Waals surface area contributed by atoms with Crippen molar-refractivity contribution in [3.05, 3.63) is 46.7 Å². The van der Waals surface area contributed by atoms with Crippen LogP contribution in [-0.2, 0) is 9.53 Å². The molecule has 8 heteroatoms. The van der Waals surface area contributed by atoms with Crippen molar-refractivity contribution in [2.75, 3.05) is 46.6 Å². The van der Waals surface area contributed by atoms with Crippen molar-refractivity contribution in [3.63, 3.8) is 0 Å². The van der Waals surface area contributed by atoms with Crippen LogP contribution in [0, 0.1) is 0 Å². The Labute approximate surface area is 169 Å². The number of halogens is 1. The van der Waals surface area contributed by atoms with Crippen LogP contribution in [0.15, 0.2) is 41.8 Å². The molecule has 2 heterocycles. The quantitative estimate of drug-likeness (QED) is 0.722. The molecule has 0 saturated carbocycles. The Kier molecular flexibility index (Phi) is 8.87. The minimum atomic E-state index is -0.147. The van der Waals surface area contributed by atoms with Crippen LogP contribution in [0.5, 0.6) is 11.5 Å². The van der Waals surface area contributed by atoms with Gasteiger partial charge in [0.15, 0.2) is 18.1 Å². The monoisotopic (exact) mass is 412 g/mol. The molecular formula is C19H25ClN2O4S. The van der Waals surface area contributed by atoms with Gasteiger partial charge in [-0.05, 0) is 23.6 Å². The van der Waals surface area contributed by atoms with Crippen molar-refractivity contribution < 1.29 is 19.0 Å². The van der Waals surface area contributed by atoms with Gasteiger partial charge in [0.1, 0.15) is 0 Å². The van der Waals surface area contributed by atoms with Gasteiger partial charge >= 0.3 is 0 Å². The molecule has 1 saturated heterocycles. The number of amides is 1. The number of morpholine rings is 1. The minimum absolute atomic E-state index is 0. The standard InChI is InChI=1S/C19H24N2O4S.ClH/c1-23-16-5-2-3-6-17(16)25-14-19(22)20-13-15(18-7-4-12-26-18)21-8-10-24-11-9-21;/h2-7,12,15H,8-11,13-14H2,1H3,(H,20,22);1H. The summed E-state index contributed by atoms with van der Waals surface area (Å²) in [6.45, 7) is 3.71. The van der Waals surface area contributed by atoms with Crippen LogP contribution in [0.2, 0.25) is 0 Å². The number of carbonyl (C=O) groups is 1. The van der Waals surface area contributed by atoms with E-state index >= 15 is 0 Å². The minimum Gasteiger partial charge on any atom is -0.493 e. The van der Waals surface area contributed by atoms with Crippen LogP contribution in [0.4, 0.5) is 0 Å². The molecule has 1 unspecified atom stereocenters. The summed E-state index contributed by atoms with van der Waals surface area (Å²) in [5, 5.41) is 5.06. The van der Waals surface area contributed by atoms with E-state index in [1.165, 1.54) is 4.88 Å². The summed E-state index contributed by atoms with van der Waals surface area (Å²) in [6.07, 6.45) is 0. The molecule has 1 aromatic heterocycles. The van der Waals surface area contributed by atoms with E-state index in [2.05, 4.69) is 21.7 Å². The third kappa shape index (κ3) is 6.10. The summed E-state index contributed by atoms with van der Waals surface area (Å²) in [6, 6.07) is 11.6. The number of thiophene rings is 1. The summed E-state index contributed by atoms with van der Waals surface area (Å²) < 4.78 is 16.3. The average molecular weight is 413 g/mol. The zero-order chi connectivity index (χ0) is 18.2. The Balaban J connectivity index is 0.00000261. The summed E-state index contributed by atoms with van der Waals surface area (Å²) in [4.78, 5) is 15.9.